The van der Waals surface area contributed by atoms with Crippen LogP contribution in [0.4, 0.5) is 4.39 Å². The highest BCUT2D eigenvalue weighted by Gasteiger charge is 2.35. The number of fused-ring (bicyclic) bond motifs is 1. The number of halogens is 1. The SMILES string of the molecule is Cn1cnc2ncn(Cc3nc([C@H]4C[C@H](Oc5ccc(F)cc5)C4)no3)c(=O)c21. The second kappa shape index (κ2) is 6.80. The first-order chi connectivity index (χ1) is 14.1. The molecule has 3 aromatic heterocycles. The summed E-state index contributed by atoms with van der Waals surface area (Å²) in [5.41, 5.74) is 0.611. The van der Waals surface area contributed by atoms with Crippen molar-refractivity contribution in [2.45, 2.75) is 31.4 Å². The van der Waals surface area contributed by atoms with Gasteiger partial charge in [-0.1, -0.05) is 5.16 Å². The quantitative estimate of drug-likeness (QED) is 0.509. The summed E-state index contributed by atoms with van der Waals surface area (Å²) in [5.74, 6) is 1.42. The van der Waals surface area contributed by atoms with Gasteiger partial charge in [0.05, 0.1) is 6.33 Å². The lowest BCUT2D eigenvalue weighted by molar-refractivity contribution is 0.0942. The first-order valence-electron chi connectivity index (χ1n) is 9.18. The fraction of sp³-hybridized carbons (Fsp3) is 0.316. The minimum Gasteiger partial charge on any atom is -0.490 e. The Balaban J connectivity index is 1.24. The van der Waals surface area contributed by atoms with Gasteiger partial charge in [0.15, 0.2) is 17.0 Å². The highest BCUT2D eigenvalue weighted by atomic mass is 19.1. The average molecular weight is 396 g/mol. The van der Waals surface area contributed by atoms with Gasteiger partial charge in [-0.3, -0.25) is 9.36 Å². The van der Waals surface area contributed by atoms with Crippen LogP contribution in [-0.4, -0.2) is 35.3 Å². The van der Waals surface area contributed by atoms with Crippen LogP contribution in [0.2, 0.25) is 0 Å². The van der Waals surface area contributed by atoms with Crippen LogP contribution in [0.3, 0.4) is 0 Å². The van der Waals surface area contributed by atoms with Crippen LogP contribution in [0.25, 0.3) is 11.2 Å². The zero-order valence-corrected chi connectivity index (χ0v) is 15.5. The number of rotatable bonds is 5. The van der Waals surface area contributed by atoms with Crippen molar-refractivity contribution in [2.75, 3.05) is 0 Å². The first-order valence-corrected chi connectivity index (χ1v) is 9.18. The standard InChI is InChI=1S/C19H17FN6O3/c1-25-9-21-18-16(25)19(27)26(10-22-18)8-15-23-17(24-29-15)11-6-14(7-11)28-13-4-2-12(20)3-5-13/h2-5,9-11,14H,6-8H2,1H3/t11-,14-. The highest BCUT2D eigenvalue weighted by molar-refractivity contribution is 5.68. The number of imidazole rings is 1. The van der Waals surface area contributed by atoms with Gasteiger partial charge in [0.2, 0.25) is 5.89 Å². The van der Waals surface area contributed by atoms with E-state index in [4.69, 9.17) is 9.26 Å². The molecule has 148 valence electrons. The molecule has 29 heavy (non-hydrogen) atoms. The molecule has 1 aliphatic rings. The molecule has 1 fully saturated rings. The largest absolute Gasteiger partial charge is 0.490 e. The van der Waals surface area contributed by atoms with Gasteiger partial charge >= 0.3 is 0 Å². The number of aryl methyl sites for hydroxylation is 1. The van der Waals surface area contributed by atoms with Gasteiger partial charge in [0.1, 0.15) is 30.5 Å². The molecule has 4 aromatic rings. The smallest absolute Gasteiger partial charge is 0.280 e. The first kappa shape index (κ1) is 17.5. The molecule has 10 heteroatoms. The monoisotopic (exact) mass is 396 g/mol. The normalized spacial score (nSPS) is 18.7. The predicted octanol–water partition coefficient (Wildman–Crippen LogP) is 2.03. The predicted molar refractivity (Wildman–Crippen MR) is 99.0 cm³/mol. The Hall–Kier alpha value is -3.56. The van der Waals surface area contributed by atoms with Crippen molar-refractivity contribution < 1.29 is 13.7 Å². The summed E-state index contributed by atoms with van der Waals surface area (Å²) in [5, 5.41) is 4.04. The summed E-state index contributed by atoms with van der Waals surface area (Å²) in [6, 6.07) is 5.97. The molecule has 0 unspecified atom stereocenters. The molecule has 0 spiro atoms. The molecule has 1 saturated carbocycles. The summed E-state index contributed by atoms with van der Waals surface area (Å²) < 4.78 is 27.1. The van der Waals surface area contributed by atoms with Gasteiger partial charge in [-0.2, -0.15) is 4.98 Å². The van der Waals surface area contributed by atoms with Crippen molar-refractivity contribution in [1.29, 1.82) is 0 Å². The molecule has 5 rings (SSSR count). The van der Waals surface area contributed by atoms with Crippen LogP contribution in [0.1, 0.15) is 30.5 Å². The highest BCUT2D eigenvalue weighted by Crippen LogP contribution is 2.37. The Morgan fingerprint density at radius 3 is 2.76 bits per heavy atom. The van der Waals surface area contributed by atoms with Crippen molar-refractivity contribution >= 4 is 11.2 Å². The van der Waals surface area contributed by atoms with Crippen molar-refractivity contribution in [3.8, 4) is 5.75 Å². The molecular weight excluding hydrogens is 379 g/mol. The van der Waals surface area contributed by atoms with E-state index in [1.807, 2.05) is 0 Å². The number of benzene rings is 1. The van der Waals surface area contributed by atoms with E-state index in [9.17, 15) is 9.18 Å². The third-order valence-corrected chi connectivity index (χ3v) is 5.07. The molecule has 0 saturated heterocycles. The molecule has 0 aliphatic heterocycles. The van der Waals surface area contributed by atoms with E-state index in [2.05, 4.69) is 20.1 Å². The van der Waals surface area contributed by atoms with Crippen molar-refractivity contribution in [1.82, 2.24) is 29.2 Å². The number of nitrogens with zero attached hydrogens (tertiary/aromatic N) is 6. The Morgan fingerprint density at radius 1 is 1.21 bits per heavy atom. The molecule has 1 aliphatic carbocycles. The van der Waals surface area contributed by atoms with Gasteiger partial charge in [-0.25, -0.2) is 14.4 Å². The Labute approximate surface area is 163 Å². The molecule has 9 nitrogen and oxygen atoms in total. The van der Waals surface area contributed by atoms with Gasteiger partial charge in [-0.05, 0) is 37.1 Å². The van der Waals surface area contributed by atoms with E-state index in [1.165, 1.54) is 23.0 Å². The minimum absolute atomic E-state index is 0.0338. The van der Waals surface area contributed by atoms with E-state index in [-0.39, 0.29) is 29.9 Å². The van der Waals surface area contributed by atoms with E-state index < -0.39 is 0 Å². The number of hydrogen-bond donors (Lipinski definition) is 0. The van der Waals surface area contributed by atoms with Gasteiger partial charge in [0.25, 0.3) is 5.56 Å². The topological polar surface area (TPSA) is 101 Å². The second-order valence-corrected chi connectivity index (χ2v) is 7.11. The fourth-order valence-corrected chi connectivity index (χ4v) is 3.41. The Morgan fingerprint density at radius 2 is 1.97 bits per heavy atom. The molecule has 0 radical (unpaired) electrons. The van der Waals surface area contributed by atoms with E-state index in [1.54, 1.807) is 30.1 Å². The summed E-state index contributed by atoms with van der Waals surface area (Å²) in [6.07, 6.45) is 4.51. The van der Waals surface area contributed by atoms with Crippen LogP contribution >= 0.6 is 0 Å². The van der Waals surface area contributed by atoms with Gasteiger partial charge in [-0.15, -0.1) is 0 Å². The minimum atomic E-state index is -0.292. The lowest BCUT2D eigenvalue weighted by atomic mass is 9.82. The maximum absolute atomic E-state index is 13.0. The lowest BCUT2D eigenvalue weighted by Gasteiger charge is -2.33. The molecule has 0 amide bonds. The van der Waals surface area contributed by atoms with Crippen LogP contribution in [0, 0.1) is 5.82 Å². The van der Waals surface area contributed by atoms with E-state index in [0.29, 0.717) is 28.6 Å². The lowest BCUT2D eigenvalue weighted by Crippen LogP contribution is -2.32. The molecular formula is C19H17FN6O3. The number of ether oxygens (including phenoxy) is 1. The number of aromatic nitrogens is 6. The third kappa shape index (κ3) is 3.26. The molecule has 0 N–H and O–H groups in total. The maximum Gasteiger partial charge on any atom is 0.280 e. The van der Waals surface area contributed by atoms with Crippen LogP contribution < -0.4 is 10.3 Å². The van der Waals surface area contributed by atoms with Gasteiger partial charge < -0.3 is 13.8 Å². The summed E-state index contributed by atoms with van der Waals surface area (Å²) >= 11 is 0. The molecule has 0 atom stereocenters. The second-order valence-electron chi connectivity index (χ2n) is 7.11. The summed E-state index contributed by atoms with van der Waals surface area (Å²) in [4.78, 5) is 25.3. The van der Waals surface area contributed by atoms with Crippen molar-refractivity contribution in [3.05, 3.63) is 64.8 Å². The summed E-state index contributed by atoms with van der Waals surface area (Å²) in [6.45, 7) is 0.141. The van der Waals surface area contributed by atoms with Crippen LogP contribution in [0.5, 0.6) is 5.75 Å². The van der Waals surface area contributed by atoms with E-state index >= 15 is 0 Å². The summed E-state index contributed by atoms with van der Waals surface area (Å²) in [7, 11) is 1.74. The van der Waals surface area contributed by atoms with Crippen LogP contribution in [0.15, 0.2) is 46.2 Å². The van der Waals surface area contributed by atoms with Crippen LogP contribution in [-0.2, 0) is 13.6 Å². The van der Waals surface area contributed by atoms with E-state index in [0.717, 1.165) is 12.8 Å². The van der Waals surface area contributed by atoms with Crippen molar-refractivity contribution in [2.24, 2.45) is 7.05 Å². The third-order valence-electron chi connectivity index (χ3n) is 5.07. The fourth-order valence-electron chi connectivity index (χ4n) is 3.41. The molecule has 3 heterocycles. The average Bonchev–Trinajstić information content (AvgIpc) is 3.29. The van der Waals surface area contributed by atoms with Crippen molar-refractivity contribution in [3.63, 3.8) is 0 Å². The maximum atomic E-state index is 13.0. The Kier molecular flexibility index (Phi) is 4.11. The molecule has 1 aromatic carbocycles. The Bertz CT molecular complexity index is 1220. The zero-order chi connectivity index (χ0) is 20.0. The zero-order valence-electron chi connectivity index (χ0n) is 15.5. The van der Waals surface area contributed by atoms with Gasteiger partial charge in [0, 0.05) is 13.0 Å². The molecule has 0 bridgehead atoms. The number of hydrogen-bond acceptors (Lipinski definition) is 7.